The Kier molecular flexibility index (Phi) is 4.61. The van der Waals surface area contributed by atoms with Crippen molar-refractivity contribution in [3.8, 4) is 0 Å². The van der Waals surface area contributed by atoms with Gasteiger partial charge < -0.3 is 9.64 Å². The second-order valence-electron chi connectivity index (χ2n) is 8.30. The predicted molar refractivity (Wildman–Crippen MR) is 94.9 cm³/mol. The molecule has 0 saturated carbocycles. The molecular formula is C20H30N2O3. The summed E-state index contributed by atoms with van der Waals surface area (Å²) >= 11 is 0. The molecule has 0 aliphatic carbocycles. The number of fused-ring (bicyclic) bond motifs is 6. The Balaban J connectivity index is 1.55. The first kappa shape index (κ1) is 17.1. The fraction of sp³-hybridized carbons (Fsp3) is 0.800. The van der Waals surface area contributed by atoms with E-state index in [1.54, 1.807) is 13.0 Å². The van der Waals surface area contributed by atoms with Gasteiger partial charge in [-0.1, -0.05) is 12.5 Å². The number of hydrogen-bond acceptors (Lipinski definition) is 4. The van der Waals surface area contributed by atoms with Gasteiger partial charge in [-0.25, -0.2) is 4.79 Å². The lowest BCUT2D eigenvalue weighted by atomic mass is 9.70. The van der Waals surface area contributed by atoms with E-state index in [2.05, 4.69) is 9.80 Å². The summed E-state index contributed by atoms with van der Waals surface area (Å²) in [6, 6.07) is 0.737. The van der Waals surface area contributed by atoms with E-state index in [0.29, 0.717) is 36.3 Å². The number of ether oxygens (including phenoxy) is 1. The topological polar surface area (TPSA) is 49.9 Å². The quantitative estimate of drug-likeness (QED) is 0.569. The maximum Gasteiger partial charge on any atom is 0.333 e. The molecule has 4 aliphatic heterocycles. The molecule has 1 amide bonds. The smallest absolute Gasteiger partial charge is 0.333 e. The lowest BCUT2D eigenvalue weighted by Gasteiger charge is -2.58. The van der Waals surface area contributed by atoms with Gasteiger partial charge in [-0.2, -0.15) is 0 Å². The number of hydrogen-bond donors (Lipinski definition) is 0. The number of carbonyl (C=O) groups excluding carboxylic acids is 2. The number of rotatable bonds is 2. The standard InChI is InChI=1S/C20H30N2O3/c1-3-13(2)20(24)25-17-7-8-18(23)22-12-14-10-15(19(17)22)11-21-9-5-4-6-16(14)21/h3,14-17,19H,4-12H2,1-2H3/b13-3-/t14?,15?,16?,17-,19?/m0/s1. The van der Waals surface area contributed by atoms with Gasteiger partial charge >= 0.3 is 5.97 Å². The van der Waals surface area contributed by atoms with Crippen LogP contribution in [0.5, 0.6) is 0 Å². The van der Waals surface area contributed by atoms with Crippen molar-refractivity contribution in [3.05, 3.63) is 11.6 Å². The van der Waals surface area contributed by atoms with Crippen molar-refractivity contribution in [2.24, 2.45) is 11.8 Å². The Morgan fingerprint density at radius 1 is 1.20 bits per heavy atom. The zero-order valence-electron chi connectivity index (χ0n) is 15.4. The van der Waals surface area contributed by atoms with E-state index < -0.39 is 0 Å². The summed E-state index contributed by atoms with van der Waals surface area (Å²) in [5.41, 5.74) is 0.650. The summed E-state index contributed by atoms with van der Waals surface area (Å²) in [6.07, 6.45) is 7.92. The minimum atomic E-state index is -0.226. The van der Waals surface area contributed by atoms with Crippen LogP contribution < -0.4 is 0 Å². The van der Waals surface area contributed by atoms with Gasteiger partial charge in [0.1, 0.15) is 6.10 Å². The van der Waals surface area contributed by atoms with Crippen molar-refractivity contribution in [2.75, 3.05) is 19.6 Å². The van der Waals surface area contributed by atoms with Gasteiger partial charge in [0.15, 0.2) is 0 Å². The molecule has 0 spiro atoms. The van der Waals surface area contributed by atoms with Crippen molar-refractivity contribution in [1.29, 1.82) is 0 Å². The van der Waals surface area contributed by atoms with E-state index in [1.807, 2.05) is 6.92 Å². The van der Waals surface area contributed by atoms with Gasteiger partial charge in [-0.15, -0.1) is 0 Å². The molecule has 4 saturated heterocycles. The lowest BCUT2D eigenvalue weighted by Crippen LogP contribution is -2.67. The molecule has 138 valence electrons. The Bertz CT molecular complexity index is 587. The second kappa shape index (κ2) is 6.75. The van der Waals surface area contributed by atoms with Crippen molar-refractivity contribution in [2.45, 2.75) is 70.6 Å². The molecule has 0 aromatic heterocycles. The highest BCUT2D eigenvalue weighted by atomic mass is 16.5. The molecule has 4 unspecified atom stereocenters. The first-order valence-corrected chi connectivity index (χ1v) is 9.96. The van der Waals surface area contributed by atoms with Crippen LogP contribution in [0.4, 0.5) is 0 Å². The number of nitrogens with zero attached hydrogens (tertiary/aromatic N) is 2. The van der Waals surface area contributed by atoms with Crippen LogP contribution in [-0.2, 0) is 14.3 Å². The van der Waals surface area contributed by atoms with E-state index in [-0.39, 0.29) is 24.0 Å². The van der Waals surface area contributed by atoms with Crippen molar-refractivity contribution in [3.63, 3.8) is 0 Å². The maximum atomic E-state index is 12.6. The molecule has 5 atom stereocenters. The van der Waals surface area contributed by atoms with E-state index in [0.717, 1.165) is 13.1 Å². The van der Waals surface area contributed by atoms with Gasteiger partial charge in [0.05, 0.1) is 6.04 Å². The van der Waals surface area contributed by atoms with Gasteiger partial charge in [0, 0.05) is 31.1 Å². The SMILES string of the molecule is C/C=C(/C)C(=O)O[C@H]1CCC(=O)N2CC3CC(CN4CCCCC34)C12. The van der Waals surface area contributed by atoms with Crippen molar-refractivity contribution >= 4 is 11.9 Å². The summed E-state index contributed by atoms with van der Waals surface area (Å²) in [5, 5.41) is 0. The highest BCUT2D eigenvalue weighted by molar-refractivity contribution is 5.88. The van der Waals surface area contributed by atoms with Crippen LogP contribution in [0.3, 0.4) is 0 Å². The third-order valence-corrected chi connectivity index (χ3v) is 6.91. The fourth-order valence-electron chi connectivity index (χ4n) is 5.60. The third-order valence-electron chi connectivity index (χ3n) is 6.91. The normalized spacial score (nSPS) is 38.8. The van der Waals surface area contributed by atoms with Crippen LogP contribution >= 0.6 is 0 Å². The average molecular weight is 346 g/mol. The number of esters is 1. The molecule has 5 heteroatoms. The van der Waals surface area contributed by atoms with Gasteiger partial charge in [-0.3, -0.25) is 9.69 Å². The largest absolute Gasteiger partial charge is 0.457 e. The number of carbonyl (C=O) groups is 2. The molecular weight excluding hydrogens is 316 g/mol. The average Bonchev–Trinajstić information content (AvgIpc) is 2.63. The van der Waals surface area contributed by atoms with Gasteiger partial charge in [-0.05, 0) is 57.9 Å². The number of allylic oxidation sites excluding steroid dienone is 1. The first-order chi connectivity index (χ1) is 12.1. The zero-order valence-corrected chi connectivity index (χ0v) is 15.4. The summed E-state index contributed by atoms with van der Waals surface area (Å²) in [5.74, 6) is 1.08. The summed E-state index contributed by atoms with van der Waals surface area (Å²) < 4.78 is 5.87. The van der Waals surface area contributed by atoms with Gasteiger partial charge in [0.2, 0.25) is 5.91 Å². The third kappa shape index (κ3) is 3.01. The van der Waals surface area contributed by atoms with E-state index >= 15 is 0 Å². The molecule has 25 heavy (non-hydrogen) atoms. The molecule has 4 heterocycles. The molecule has 0 aromatic carbocycles. The second-order valence-corrected chi connectivity index (χ2v) is 8.30. The molecule has 4 aliphatic rings. The molecule has 0 radical (unpaired) electrons. The van der Waals surface area contributed by atoms with E-state index in [9.17, 15) is 9.59 Å². The van der Waals surface area contributed by atoms with Crippen LogP contribution in [0.15, 0.2) is 11.6 Å². The van der Waals surface area contributed by atoms with Crippen LogP contribution in [0.1, 0.15) is 52.4 Å². The van der Waals surface area contributed by atoms with Gasteiger partial charge in [0.25, 0.3) is 0 Å². The summed E-state index contributed by atoms with van der Waals surface area (Å²) in [6.45, 7) is 6.77. The Morgan fingerprint density at radius 2 is 2.04 bits per heavy atom. The molecule has 0 aromatic rings. The maximum absolute atomic E-state index is 12.6. The van der Waals surface area contributed by atoms with Crippen molar-refractivity contribution in [1.82, 2.24) is 9.80 Å². The Morgan fingerprint density at radius 3 is 2.84 bits per heavy atom. The molecule has 2 bridgehead atoms. The summed E-state index contributed by atoms with van der Waals surface area (Å²) in [7, 11) is 0. The van der Waals surface area contributed by atoms with Crippen molar-refractivity contribution < 1.29 is 14.3 Å². The minimum absolute atomic E-state index is 0.0778. The lowest BCUT2D eigenvalue weighted by molar-refractivity contribution is -0.173. The number of piperidine rings is 4. The highest BCUT2D eigenvalue weighted by Crippen LogP contribution is 2.43. The highest BCUT2D eigenvalue weighted by Gasteiger charge is 2.52. The van der Waals surface area contributed by atoms with Crippen LogP contribution in [0.2, 0.25) is 0 Å². The fourth-order valence-corrected chi connectivity index (χ4v) is 5.60. The Hall–Kier alpha value is -1.36. The first-order valence-electron chi connectivity index (χ1n) is 9.96. The Labute approximate surface area is 150 Å². The van der Waals surface area contributed by atoms with E-state index in [4.69, 9.17) is 4.74 Å². The zero-order chi connectivity index (χ0) is 17.6. The van der Waals surface area contributed by atoms with Crippen LogP contribution in [-0.4, -0.2) is 59.5 Å². The molecule has 5 nitrogen and oxygen atoms in total. The minimum Gasteiger partial charge on any atom is -0.457 e. The molecule has 4 rings (SSSR count). The summed E-state index contributed by atoms with van der Waals surface area (Å²) in [4.78, 5) is 29.6. The van der Waals surface area contributed by atoms with Crippen LogP contribution in [0, 0.1) is 11.8 Å². The number of amides is 1. The monoisotopic (exact) mass is 346 g/mol. The predicted octanol–water partition coefficient (Wildman–Crippen LogP) is 2.36. The molecule has 4 fully saturated rings. The van der Waals surface area contributed by atoms with Crippen LogP contribution in [0.25, 0.3) is 0 Å². The van der Waals surface area contributed by atoms with E-state index in [1.165, 1.54) is 32.2 Å². The molecule has 0 N–H and O–H groups in total.